The number of anilines is 1. The largest absolute Gasteiger partial charge is 0.362 e. The molecule has 26 heavy (non-hydrogen) atoms. The van der Waals surface area contributed by atoms with Gasteiger partial charge in [-0.1, -0.05) is 6.07 Å². The van der Waals surface area contributed by atoms with E-state index in [1.54, 1.807) is 6.20 Å². The third-order valence-electron chi connectivity index (χ3n) is 3.79. The summed E-state index contributed by atoms with van der Waals surface area (Å²) in [6.07, 6.45) is 2.24. The van der Waals surface area contributed by atoms with Gasteiger partial charge < -0.3 is 20.4 Å². The monoisotopic (exact) mass is 476 g/mol. The standard InChI is InChI=1S/C18H32N6O.HI/c1-6-19-18(21-13-11-16(25)24(7-2)8-3)22-14-15-10-9-12-20-17(15)23(4)5;/h9-10,12H,6-8,11,13-14H2,1-5H3,(H2,19,21,22);1H. The fourth-order valence-electron chi connectivity index (χ4n) is 2.48. The number of hydrogen-bond acceptors (Lipinski definition) is 4. The van der Waals surface area contributed by atoms with Crippen LogP contribution in [0.25, 0.3) is 0 Å². The minimum Gasteiger partial charge on any atom is -0.362 e. The number of aromatic nitrogens is 1. The van der Waals surface area contributed by atoms with Crippen LogP contribution >= 0.6 is 24.0 Å². The van der Waals surface area contributed by atoms with Crippen molar-refractivity contribution in [1.82, 2.24) is 20.5 Å². The highest BCUT2D eigenvalue weighted by molar-refractivity contribution is 14.0. The second-order valence-corrected chi connectivity index (χ2v) is 5.82. The number of pyridine rings is 1. The SMILES string of the molecule is CCNC(=NCc1cccnc1N(C)C)NCCC(=O)N(CC)CC.I. The molecule has 0 aliphatic carbocycles. The Morgan fingerprint density at radius 3 is 2.46 bits per heavy atom. The highest BCUT2D eigenvalue weighted by atomic mass is 127. The highest BCUT2D eigenvalue weighted by Gasteiger charge is 2.09. The summed E-state index contributed by atoms with van der Waals surface area (Å²) in [6, 6.07) is 3.94. The fraction of sp³-hybridized carbons (Fsp3) is 0.611. The molecule has 0 fully saturated rings. The quantitative estimate of drug-likeness (QED) is 0.325. The smallest absolute Gasteiger partial charge is 0.224 e. The number of amides is 1. The first-order chi connectivity index (χ1) is 12.0. The van der Waals surface area contributed by atoms with Crippen molar-refractivity contribution in [3.05, 3.63) is 23.9 Å². The number of nitrogens with one attached hydrogen (secondary N) is 2. The number of nitrogens with zero attached hydrogens (tertiary/aromatic N) is 4. The van der Waals surface area contributed by atoms with E-state index in [0.717, 1.165) is 31.0 Å². The van der Waals surface area contributed by atoms with Gasteiger partial charge in [-0.05, 0) is 26.8 Å². The van der Waals surface area contributed by atoms with E-state index in [9.17, 15) is 4.79 Å². The number of aliphatic imine (C=N–C) groups is 1. The predicted octanol–water partition coefficient (Wildman–Crippen LogP) is 2.08. The maximum atomic E-state index is 12.1. The first-order valence-electron chi connectivity index (χ1n) is 8.94. The lowest BCUT2D eigenvalue weighted by molar-refractivity contribution is -0.130. The van der Waals surface area contributed by atoms with E-state index >= 15 is 0 Å². The van der Waals surface area contributed by atoms with Gasteiger partial charge in [-0.25, -0.2) is 9.98 Å². The predicted molar refractivity (Wildman–Crippen MR) is 119 cm³/mol. The molecule has 0 bridgehead atoms. The average molecular weight is 476 g/mol. The molecule has 0 unspecified atom stereocenters. The van der Waals surface area contributed by atoms with E-state index in [0.29, 0.717) is 25.5 Å². The lowest BCUT2D eigenvalue weighted by Gasteiger charge is -2.19. The second-order valence-electron chi connectivity index (χ2n) is 5.82. The van der Waals surface area contributed by atoms with Gasteiger partial charge in [-0.3, -0.25) is 4.79 Å². The Morgan fingerprint density at radius 2 is 1.88 bits per heavy atom. The summed E-state index contributed by atoms with van der Waals surface area (Å²) in [5, 5.41) is 6.44. The van der Waals surface area contributed by atoms with E-state index in [1.165, 1.54) is 0 Å². The minimum atomic E-state index is 0. The van der Waals surface area contributed by atoms with Gasteiger partial charge >= 0.3 is 0 Å². The Morgan fingerprint density at radius 1 is 1.19 bits per heavy atom. The number of rotatable bonds is 9. The molecule has 0 aliphatic rings. The molecular formula is C18H33IN6O. The summed E-state index contributed by atoms with van der Waals surface area (Å²) in [4.78, 5) is 24.9. The van der Waals surface area contributed by atoms with Gasteiger partial charge in [0.25, 0.3) is 0 Å². The van der Waals surface area contributed by atoms with Crippen LogP contribution < -0.4 is 15.5 Å². The molecule has 0 aromatic carbocycles. The fourth-order valence-corrected chi connectivity index (χ4v) is 2.48. The van der Waals surface area contributed by atoms with Gasteiger partial charge in [0.15, 0.2) is 5.96 Å². The zero-order valence-electron chi connectivity index (χ0n) is 16.6. The average Bonchev–Trinajstić information content (AvgIpc) is 2.60. The molecule has 2 N–H and O–H groups in total. The van der Waals surface area contributed by atoms with Crippen molar-refractivity contribution in [2.45, 2.75) is 33.7 Å². The van der Waals surface area contributed by atoms with Crippen LogP contribution in [0.15, 0.2) is 23.3 Å². The molecule has 0 atom stereocenters. The van der Waals surface area contributed by atoms with Crippen molar-refractivity contribution in [3.8, 4) is 0 Å². The van der Waals surface area contributed by atoms with Gasteiger partial charge in [0, 0.05) is 58.5 Å². The Kier molecular flexibility index (Phi) is 12.8. The van der Waals surface area contributed by atoms with Crippen LogP contribution in [0, 0.1) is 0 Å². The van der Waals surface area contributed by atoms with Gasteiger partial charge in [0.1, 0.15) is 5.82 Å². The summed E-state index contributed by atoms with van der Waals surface area (Å²) in [5.74, 6) is 1.79. The second kappa shape index (κ2) is 13.6. The molecule has 1 aromatic heterocycles. The van der Waals surface area contributed by atoms with Crippen LogP contribution in [0.2, 0.25) is 0 Å². The molecule has 8 heteroatoms. The van der Waals surface area contributed by atoms with Crippen LogP contribution in [0.5, 0.6) is 0 Å². The first kappa shape index (κ1) is 24.4. The summed E-state index contributed by atoms with van der Waals surface area (Å²) in [5.41, 5.74) is 1.06. The third-order valence-corrected chi connectivity index (χ3v) is 3.79. The number of hydrogen-bond donors (Lipinski definition) is 2. The summed E-state index contributed by atoms with van der Waals surface area (Å²) in [7, 11) is 3.94. The summed E-state index contributed by atoms with van der Waals surface area (Å²) < 4.78 is 0. The van der Waals surface area contributed by atoms with Crippen molar-refractivity contribution in [1.29, 1.82) is 0 Å². The summed E-state index contributed by atoms with van der Waals surface area (Å²) in [6.45, 7) is 9.37. The van der Waals surface area contributed by atoms with Gasteiger partial charge in [0.05, 0.1) is 6.54 Å². The van der Waals surface area contributed by atoms with Crippen LogP contribution in [0.4, 0.5) is 5.82 Å². The molecule has 1 heterocycles. The molecule has 1 rings (SSSR count). The normalized spacial score (nSPS) is 10.7. The summed E-state index contributed by atoms with van der Waals surface area (Å²) >= 11 is 0. The van der Waals surface area contributed by atoms with Crippen LogP contribution in [-0.4, -0.2) is 62.0 Å². The van der Waals surface area contributed by atoms with Crippen molar-refractivity contribution >= 4 is 41.7 Å². The Hall–Kier alpha value is -1.58. The zero-order valence-corrected chi connectivity index (χ0v) is 18.9. The molecular weight excluding hydrogens is 443 g/mol. The molecule has 0 aliphatic heterocycles. The minimum absolute atomic E-state index is 0. The number of guanidine groups is 1. The maximum Gasteiger partial charge on any atom is 0.224 e. The van der Waals surface area contributed by atoms with E-state index in [-0.39, 0.29) is 29.9 Å². The molecule has 1 aromatic rings. The van der Waals surface area contributed by atoms with Crippen LogP contribution in [-0.2, 0) is 11.3 Å². The number of halogens is 1. The lowest BCUT2D eigenvalue weighted by Crippen LogP contribution is -2.40. The molecule has 148 valence electrons. The molecule has 0 saturated carbocycles. The molecule has 1 amide bonds. The number of carbonyl (C=O) groups excluding carboxylic acids is 1. The van der Waals surface area contributed by atoms with Crippen molar-refractivity contribution in [2.24, 2.45) is 4.99 Å². The van der Waals surface area contributed by atoms with Crippen molar-refractivity contribution in [3.63, 3.8) is 0 Å². The van der Waals surface area contributed by atoms with E-state index in [4.69, 9.17) is 0 Å². The van der Waals surface area contributed by atoms with Crippen molar-refractivity contribution in [2.75, 3.05) is 45.2 Å². The van der Waals surface area contributed by atoms with E-state index in [1.807, 2.05) is 56.8 Å². The molecule has 7 nitrogen and oxygen atoms in total. The topological polar surface area (TPSA) is 72.9 Å². The maximum absolute atomic E-state index is 12.1. The van der Waals surface area contributed by atoms with Gasteiger partial charge in [-0.15, -0.1) is 24.0 Å². The van der Waals surface area contributed by atoms with Crippen LogP contribution in [0.3, 0.4) is 0 Å². The first-order valence-corrected chi connectivity index (χ1v) is 8.94. The lowest BCUT2D eigenvalue weighted by atomic mass is 10.2. The molecule has 0 saturated heterocycles. The molecule has 0 spiro atoms. The zero-order chi connectivity index (χ0) is 18.7. The number of carbonyl (C=O) groups is 1. The van der Waals surface area contributed by atoms with Crippen molar-refractivity contribution < 1.29 is 4.79 Å². The highest BCUT2D eigenvalue weighted by Crippen LogP contribution is 2.15. The Balaban J connectivity index is 0.00000625. The van der Waals surface area contributed by atoms with Gasteiger partial charge in [0.2, 0.25) is 5.91 Å². The van der Waals surface area contributed by atoms with Crippen LogP contribution in [0.1, 0.15) is 32.8 Å². The van der Waals surface area contributed by atoms with E-state index < -0.39 is 0 Å². The Labute approximate surface area is 174 Å². The van der Waals surface area contributed by atoms with E-state index in [2.05, 4.69) is 20.6 Å². The Bertz CT molecular complexity index is 560. The molecule has 0 radical (unpaired) electrons. The van der Waals surface area contributed by atoms with Gasteiger partial charge in [-0.2, -0.15) is 0 Å². The third kappa shape index (κ3) is 8.20.